The van der Waals surface area contributed by atoms with Gasteiger partial charge in [0, 0.05) is 12.6 Å². The lowest BCUT2D eigenvalue weighted by molar-refractivity contribution is -0.148. The summed E-state index contributed by atoms with van der Waals surface area (Å²) in [5.41, 5.74) is -0.558. The molecule has 0 aromatic rings. The van der Waals surface area contributed by atoms with E-state index in [-0.39, 0.29) is 12.0 Å². The average Bonchev–Trinajstić information content (AvgIpc) is 3.16. The van der Waals surface area contributed by atoms with Gasteiger partial charge in [-0.05, 0) is 72.4 Å². The Labute approximate surface area is 124 Å². The molecule has 4 nitrogen and oxygen atoms in total. The van der Waals surface area contributed by atoms with Crippen LogP contribution >= 0.6 is 0 Å². The van der Waals surface area contributed by atoms with E-state index in [4.69, 9.17) is 4.74 Å². The second kappa shape index (κ2) is 7.99. The van der Waals surface area contributed by atoms with Crippen LogP contribution in [0.25, 0.3) is 0 Å². The molecule has 1 unspecified atom stereocenters. The fourth-order valence-corrected chi connectivity index (χ4v) is 2.79. The molecule has 1 atom stereocenters. The second-order valence-corrected chi connectivity index (χ2v) is 6.79. The Kier molecular flexibility index (Phi) is 6.96. The predicted molar refractivity (Wildman–Crippen MR) is 82.8 cm³/mol. The molecule has 0 aromatic carbocycles. The van der Waals surface area contributed by atoms with Crippen LogP contribution in [0.5, 0.6) is 0 Å². The first-order chi connectivity index (χ1) is 9.37. The summed E-state index contributed by atoms with van der Waals surface area (Å²) >= 11 is 0. The summed E-state index contributed by atoms with van der Waals surface area (Å²) in [6.45, 7) is 8.43. The summed E-state index contributed by atoms with van der Waals surface area (Å²) < 4.78 is 4.94. The van der Waals surface area contributed by atoms with Gasteiger partial charge in [-0.15, -0.1) is 0 Å². The smallest absolute Gasteiger partial charge is 0.325 e. The summed E-state index contributed by atoms with van der Waals surface area (Å²) in [4.78, 5) is 14.4. The molecule has 0 spiro atoms. The van der Waals surface area contributed by atoms with E-state index in [1.165, 1.54) is 26.5 Å². The number of hydrogen-bond acceptors (Lipinski definition) is 4. The fraction of sp³-hybridized carbons (Fsp3) is 0.938. The molecular formula is C16H32N2O2. The van der Waals surface area contributed by atoms with Gasteiger partial charge < -0.3 is 9.64 Å². The van der Waals surface area contributed by atoms with E-state index in [0.29, 0.717) is 0 Å². The molecule has 1 aliphatic rings. The molecule has 4 heteroatoms. The highest BCUT2D eigenvalue weighted by Crippen LogP contribution is 2.29. The molecule has 0 saturated heterocycles. The van der Waals surface area contributed by atoms with E-state index in [9.17, 15) is 4.79 Å². The van der Waals surface area contributed by atoms with E-state index in [0.717, 1.165) is 31.7 Å². The molecule has 1 saturated carbocycles. The number of methoxy groups -OCH3 is 1. The van der Waals surface area contributed by atoms with Crippen molar-refractivity contribution in [2.24, 2.45) is 5.92 Å². The van der Waals surface area contributed by atoms with Crippen molar-refractivity contribution in [2.45, 2.75) is 64.5 Å². The van der Waals surface area contributed by atoms with Crippen LogP contribution in [0.3, 0.4) is 0 Å². The van der Waals surface area contributed by atoms with E-state index >= 15 is 0 Å². The third-order valence-corrected chi connectivity index (χ3v) is 3.98. The summed E-state index contributed by atoms with van der Waals surface area (Å²) in [5, 5.41) is 3.35. The number of ether oxygens (including phenoxy) is 1. The zero-order chi connectivity index (χ0) is 15.2. The second-order valence-electron chi connectivity index (χ2n) is 6.79. The maximum atomic E-state index is 12.0. The number of nitrogens with one attached hydrogen (secondary N) is 1. The van der Waals surface area contributed by atoms with E-state index in [1.54, 1.807) is 0 Å². The number of hydrogen-bond donors (Lipinski definition) is 1. The minimum absolute atomic E-state index is 0.155. The number of unbranched alkanes of at least 4 members (excludes halogenated alkanes) is 1. The van der Waals surface area contributed by atoms with Gasteiger partial charge in [-0.3, -0.25) is 10.1 Å². The molecule has 1 fully saturated rings. The number of carbonyl (C=O) groups is 1. The Bertz CT molecular complexity index is 303. The van der Waals surface area contributed by atoms with E-state index in [2.05, 4.69) is 31.1 Å². The van der Waals surface area contributed by atoms with Crippen LogP contribution < -0.4 is 5.32 Å². The summed E-state index contributed by atoms with van der Waals surface area (Å²) in [7, 11) is 3.66. The first-order valence-electron chi connectivity index (χ1n) is 7.92. The van der Waals surface area contributed by atoms with Crippen molar-refractivity contribution in [3.8, 4) is 0 Å². The van der Waals surface area contributed by atoms with E-state index < -0.39 is 5.54 Å². The molecule has 0 radical (unpaired) electrons. The maximum absolute atomic E-state index is 12.0. The van der Waals surface area contributed by atoms with Crippen LogP contribution in [-0.4, -0.2) is 49.7 Å². The van der Waals surface area contributed by atoms with Gasteiger partial charge in [-0.25, -0.2) is 0 Å². The number of esters is 1. The SMILES string of the molecule is COC(=O)C(C)(CCCCN(C)CC1CC1)NC(C)C. The van der Waals surface area contributed by atoms with Crippen LogP contribution in [0.1, 0.15) is 52.9 Å². The number of carbonyl (C=O) groups excluding carboxylic acids is 1. The van der Waals surface area contributed by atoms with Gasteiger partial charge in [0.25, 0.3) is 0 Å². The molecule has 1 aliphatic carbocycles. The first kappa shape index (κ1) is 17.4. The van der Waals surface area contributed by atoms with Crippen molar-refractivity contribution in [2.75, 3.05) is 27.2 Å². The molecular weight excluding hydrogens is 252 g/mol. The van der Waals surface area contributed by atoms with Gasteiger partial charge >= 0.3 is 5.97 Å². The third-order valence-electron chi connectivity index (χ3n) is 3.98. The summed E-state index contributed by atoms with van der Waals surface area (Å²) in [5.74, 6) is 0.792. The molecule has 0 heterocycles. The minimum atomic E-state index is -0.558. The van der Waals surface area contributed by atoms with Gasteiger partial charge in [0.15, 0.2) is 0 Å². The quantitative estimate of drug-likeness (QED) is 0.494. The lowest BCUT2D eigenvalue weighted by atomic mass is 9.93. The van der Waals surface area contributed by atoms with Crippen molar-refractivity contribution < 1.29 is 9.53 Å². The van der Waals surface area contributed by atoms with Gasteiger partial charge in [0.05, 0.1) is 7.11 Å². The Morgan fingerprint density at radius 1 is 1.40 bits per heavy atom. The summed E-state index contributed by atoms with van der Waals surface area (Å²) in [6.07, 6.45) is 5.82. The van der Waals surface area contributed by atoms with Crippen LogP contribution in [0.2, 0.25) is 0 Å². The summed E-state index contributed by atoms with van der Waals surface area (Å²) in [6, 6.07) is 0.275. The van der Waals surface area contributed by atoms with E-state index in [1.807, 2.05) is 6.92 Å². The minimum Gasteiger partial charge on any atom is -0.468 e. The predicted octanol–water partition coefficient (Wildman–Crippen LogP) is 2.43. The van der Waals surface area contributed by atoms with Crippen LogP contribution in [0.15, 0.2) is 0 Å². The first-order valence-corrected chi connectivity index (χ1v) is 7.92. The normalized spacial score (nSPS) is 18.4. The molecule has 0 aliphatic heterocycles. The van der Waals surface area contributed by atoms with Crippen LogP contribution in [0.4, 0.5) is 0 Å². The zero-order valence-electron chi connectivity index (χ0n) is 13.9. The zero-order valence-corrected chi connectivity index (χ0v) is 13.9. The number of nitrogens with zero attached hydrogens (tertiary/aromatic N) is 1. The Balaban J connectivity index is 2.28. The molecule has 20 heavy (non-hydrogen) atoms. The van der Waals surface area contributed by atoms with Crippen molar-refractivity contribution in [1.29, 1.82) is 0 Å². The van der Waals surface area contributed by atoms with Crippen LogP contribution in [0, 0.1) is 5.92 Å². The maximum Gasteiger partial charge on any atom is 0.325 e. The lowest BCUT2D eigenvalue weighted by Crippen LogP contribution is -2.53. The van der Waals surface area contributed by atoms with Crippen molar-refractivity contribution in [1.82, 2.24) is 10.2 Å². The standard InChI is InChI=1S/C16H32N2O2/c1-13(2)17-16(3,15(19)20-5)10-6-7-11-18(4)12-14-8-9-14/h13-14,17H,6-12H2,1-5H3. The Morgan fingerprint density at radius 3 is 2.55 bits per heavy atom. The fourth-order valence-electron chi connectivity index (χ4n) is 2.79. The van der Waals surface area contributed by atoms with Crippen molar-refractivity contribution in [3.63, 3.8) is 0 Å². The molecule has 1 N–H and O–H groups in total. The molecule has 0 aromatic heterocycles. The highest BCUT2D eigenvalue weighted by atomic mass is 16.5. The Morgan fingerprint density at radius 2 is 2.05 bits per heavy atom. The Hall–Kier alpha value is -0.610. The van der Waals surface area contributed by atoms with Gasteiger partial charge in [-0.2, -0.15) is 0 Å². The van der Waals surface area contributed by atoms with Crippen molar-refractivity contribution in [3.05, 3.63) is 0 Å². The highest BCUT2D eigenvalue weighted by molar-refractivity contribution is 5.80. The van der Waals surface area contributed by atoms with Crippen LogP contribution in [-0.2, 0) is 9.53 Å². The van der Waals surface area contributed by atoms with Gasteiger partial charge in [0.1, 0.15) is 5.54 Å². The third kappa shape index (κ3) is 6.23. The molecule has 0 bridgehead atoms. The lowest BCUT2D eigenvalue weighted by Gasteiger charge is -2.30. The van der Waals surface area contributed by atoms with Crippen molar-refractivity contribution >= 4 is 5.97 Å². The number of rotatable bonds is 10. The molecule has 1 rings (SSSR count). The monoisotopic (exact) mass is 284 g/mol. The molecule has 118 valence electrons. The van der Waals surface area contributed by atoms with Gasteiger partial charge in [-0.1, -0.05) is 0 Å². The largest absolute Gasteiger partial charge is 0.468 e. The van der Waals surface area contributed by atoms with Gasteiger partial charge in [0.2, 0.25) is 0 Å². The molecule has 0 amide bonds. The average molecular weight is 284 g/mol. The highest BCUT2D eigenvalue weighted by Gasteiger charge is 2.34. The topological polar surface area (TPSA) is 41.6 Å².